The highest BCUT2D eigenvalue weighted by Gasteiger charge is 2.42. The summed E-state index contributed by atoms with van der Waals surface area (Å²) in [7, 11) is 3.78. The molecule has 0 bridgehead atoms. The van der Waals surface area contributed by atoms with Gasteiger partial charge in [0.1, 0.15) is 5.69 Å². The van der Waals surface area contributed by atoms with Crippen LogP contribution < -0.4 is 0 Å². The van der Waals surface area contributed by atoms with Crippen molar-refractivity contribution in [3.63, 3.8) is 0 Å². The molecular weight excluding hydrogens is 316 g/mol. The molecule has 2 amide bonds. The number of nitrogens with zero attached hydrogens (tertiary/aromatic N) is 4. The average Bonchev–Trinajstić information content (AvgIpc) is 3.17. The summed E-state index contributed by atoms with van der Waals surface area (Å²) in [6.07, 6.45) is 2.55. The number of aromatic nitrogens is 2. The molecule has 0 unspecified atom stereocenters. The van der Waals surface area contributed by atoms with Gasteiger partial charge < -0.3 is 9.80 Å². The number of likely N-dealkylation sites (tertiary alicyclic amines) is 1. The molecule has 3 rings (SSSR count). The van der Waals surface area contributed by atoms with Crippen LogP contribution >= 0.6 is 0 Å². The second kappa shape index (κ2) is 6.81. The molecule has 6 heteroatoms. The number of amides is 2. The lowest BCUT2D eigenvalue weighted by Crippen LogP contribution is -2.40. The Bertz CT molecular complexity index is 666. The number of hydrogen-bond donors (Lipinski definition) is 0. The van der Waals surface area contributed by atoms with Gasteiger partial charge in [-0.3, -0.25) is 14.3 Å². The van der Waals surface area contributed by atoms with Crippen molar-refractivity contribution in [2.45, 2.75) is 58.5 Å². The summed E-state index contributed by atoms with van der Waals surface area (Å²) in [5.41, 5.74) is 1.64. The SMILES string of the molecule is CCn1nc(C(C)C)cc1C(=O)N(C)[C@@H]1C[C@@H]2CC(=O)N(C)C[C@@H]2C1. The van der Waals surface area contributed by atoms with Gasteiger partial charge in [0, 0.05) is 39.6 Å². The van der Waals surface area contributed by atoms with Crippen LogP contribution in [0.1, 0.15) is 62.1 Å². The molecule has 1 aromatic rings. The molecule has 1 aromatic heterocycles. The fraction of sp³-hybridized carbons (Fsp3) is 0.737. The minimum atomic E-state index is 0.0459. The Kier molecular flexibility index (Phi) is 4.89. The highest BCUT2D eigenvalue weighted by atomic mass is 16.2. The first-order chi connectivity index (χ1) is 11.8. The predicted octanol–water partition coefficient (Wildman–Crippen LogP) is 2.36. The molecule has 6 nitrogen and oxygen atoms in total. The molecule has 3 atom stereocenters. The van der Waals surface area contributed by atoms with E-state index < -0.39 is 0 Å². The number of carbonyl (C=O) groups excluding carboxylic acids is 2. The molecule has 25 heavy (non-hydrogen) atoms. The van der Waals surface area contributed by atoms with E-state index in [-0.39, 0.29) is 17.9 Å². The van der Waals surface area contributed by atoms with Crippen LogP contribution in [0, 0.1) is 11.8 Å². The van der Waals surface area contributed by atoms with E-state index in [0.29, 0.717) is 36.4 Å². The van der Waals surface area contributed by atoms with Crippen LogP contribution in [0.15, 0.2) is 6.07 Å². The third kappa shape index (κ3) is 3.31. The Morgan fingerprint density at radius 1 is 1.36 bits per heavy atom. The molecular formula is C19H30N4O2. The van der Waals surface area contributed by atoms with E-state index in [9.17, 15) is 9.59 Å². The van der Waals surface area contributed by atoms with E-state index in [0.717, 1.165) is 25.1 Å². The molecule has 1 saturated heterocycles. The van der Waals surface area contributed by atoms with Gasteiger partial charge in [0.25, 0.3) is 5.91 Å². The number of carbonyl (C=O) groups is 2. The molecule has 138 valence electrons. The molecule has 1 aliphatic carbocycles. The monoisotopic (exact) mass is 346 g/mol. The van der Waals surface area contributed by atoms with Crippen LogP contribution in [0.5, 0.6) is 0 Å². The molecule has 0 N–H and O–H groups in total. The number of fused-ring (bicyclic) bond motifs is 1. The Hall–Kier alpha value is -1.85. The van der Waals surface area contributed by atoms with Crippen molar-refractivity contribution < 1.29 is 9.59 Å². The quantitative estimate of drug-likeness (QED) is 0.841. The second-order valence-electron chi connectivity index (χ2n) is 7.96. The maximum atomic E-state index is 13.1. The van der Waals surface area contributed by atoms with Crippen molar-refractivity contribution >= 4 is 11.8 Å². The fourth-order valence-electron chi connectivity index (χ4n) is 4.28. The minimum Gasteiger partial charge on any atom is -0.345 e. The van der Waals surface area contributed by atoms with E-state index >= 15 is 0 Å². The maximum Gasteiger partial charge on any atom is 0.272 e. The number of aryl methyl sites for hydroxylation is 1. The predicted molar refractivity (Wildman–Crippen MR) is 96.3 cm³/mol. The molecule has 0 radical (unpaired) electrons. The van der Waals surface area contributed by atoms with Gasteiger partial charge in [-0.05, 0) is 43.6 Å². The molecule has 0 spiro atoms. The zero-order chi connectivity index (χ0) is 18.3. The number of rotatable bonds is 4. The Morgan fingerprint density at radius 3 is 2.68 bits per heavy atom. The topological polar surface area (TPSA) is 58.4 Å². The molecule has 2 aliphatic rings. The first-order valence-corrected chi connectivity index (χ1v) is 9.40. The average molecular weight is 346 g/mol. The van der Waals surface area contributed by atoms with E-state index in [1.165, 1.54) is 0 Å². The number of piperidine rings is 1. The van der Waals surface area contributed by atoms with Crippen molar-refractivity contribution in [1.29, 1.82) is 0 Å². The van der Waals surface area contributed by atoms with E-state index in [2.05, 4.69) is 18.9 Å². The van der Waals surface area contributed by atoms with Crippen molar-refractivity contribution in [1.82, 2.24) is 19.6 Å². The van der Waals surface area contributed by atoms with E-state index in [1.54, 1.807) is 0 Å². The molecule has 2 heterocycles. The van der Waals surface area contributed by atoms with Crippen molar-refractivity contribution in [2.24, 2.45) is 11.8 Å². The zero-order valence-electron chi connectivity index (χ0n) is 16.0. The van der Waals surface area contributed by atoms with Gasteiger partial charge >= 0.3 is 0 Å². The normalized spacial score (nSPS) is 26.2. The minimum absolute atomic E-state index is 0.0459. The lowest BCUT2D eigenvalue weighted by atomic mass is 9.88. The van der Waals surface area contributed by atoms with Crippen LogP contribution in [0.3, 0.4) is 0 Å². The zero-order valence-corrected chi connectivity index (χ0v) is 16.0. The van der Waals surface area contributed by atoms with E-state index in [1.807, 2.05) is 41.6 Å². The first kappa shape index (κ1) is 18.0. The third-order valence-corrected chi connectivity index (χ3v) is 5.96. The summed E-state index contributed by atoms with van der Waals surface area (Å²) in [6, 6.07) is 2.15. The summed E-state index contributed by atoms with van der Waals surface area (Å²) < 4.78 is 1.81. The summed E-state index contributed by atoms with van der Waals surface area (Å²) in [5.74, 6) is 1.53. The van der Waals surface area contributed by atoms with Crippen LogP contribution in [0.25, 0.3) is 0 Å². The summed E-state index contributed by atoms with van der Waals surface area (Å²) in [6.45, 7) is 7.72. The van der Waals surface area contributed by atoms with Crippen molar-refractivity contribution in [3.05, 3.63) is 17.5 Å². The van der Waals surface area contributed by atoms with Gasteiger partial charge in [0.2, 0.25) is 5.91 Å². The van der Waals surface area contributed by atoms with Gasteiger partial charge in [0.15, 0.2) is 0 Å². The standard InChI is InChI=1S/C19H30N4O2/c1-6-23-17(10-16(20-23)12(2)3)19(25)22(5)15-7-13-9-18(24)21(4)11-14(13)8-15/h10,12-15H,6-9,11H2,1-5H3/t13-,14+,15-/m1/s1. The molecule has 1 aliphatic heterocycles. The largest absolute Gasteiger partial charge is 0.345 e. The van der Waals surface area contributed by atoms with Crippen LogP contribution in [-0.4, -0.2) is 58.1 Å². The van der Waals surface area contributed by atoms with Gasteiger partial charge in [-0.15, -0.1) is 0 Å². The lowest BCUT2D eigenvalue weighted by molar-refractivity contribution is -0.134. The molecule has 2 fully saturated rings. The first-order valence-electron chi connectivity index (χ1n) is 9.40. The Morgan fingerprint density at radius 2 is 2.04 bits per heavy atom. The smallest absolute Gasteiger partial charge is 0.272 e. The van der Waals surface area contributed by atoms with Crippen LogP contribution in [0.2, 0.25) is 0 Å². The highest BCUT2D eigenvalue weighted by Crippen LogP contribution is 2.40. The summed E-state index contributed by atoms with van der Waals surface area (Å²) >= 11 is 0. The van der Waals surface area contributed by atoms with E-state index in [4.69, 9.17) is 0 Å². The van der Waals surface area contributed by atoms with Gasteiger partial charge in [-0.2, -0.15) is 5.10 Å². The van der Waals surface area contributed by atoms with Gasteiger partial charge in [-0.1, -0.05) is 13.8 Å². The Labute approximate surface area is 150 Å². The fourth-order valence-corrected chi connectivity index (χ4v) is 4.28. The second-order valence-corrected chi connectivity index (χ2v) is 7.96. The van der Waals surface area contributed by atoms with Crippen molar-refractivity contribution in [2.75, 3.05) is 20.6 Å². The summed E-state index contributed by atoms with van der Waals surface area (Å²) in [5, 5.41) is 4.57. The van der Waals surface area contributed by atoms with Crippen LogP contribution in [-0.2, 0) is 11.3 Å². The van der Waals surface area contributed by atoms with Gasteiger partial charge in [-0.25, -0.2) is 0 Å². The Balaban J connectivity index is 1.74. The molecule has 0 aromatic carbocycles. The highest BCUT2D eigenvalue weighted by molar-refractivity contribution is 5.92. The third-order valence-electron chi connectivity index (χ3n) is 5.96. The van der Waals surface area contributed by atoms with Crippen molar-refractivity contribution in [3.8, 4) is 0 Å². The van der Waals surface area contributed by atoms with Gasteiger partial charge in [0.05, 0.1) is 5.69 Å². The lowest BCUT2D eigenvalue weighted by Gasteiger charge is -2.31. The van der Waals surface area contributed by atoms with Crippen LogP contribution in [0.4, 0.5) is 0 Å². The molecule has 1 saturated carbocycles. The number of hydrogen-bond acceptors (Lipinski definition) is 3. The maximum absolute atomic E-state index is 13.1. The summed E-state index contributed by atoms with van der Waals surface area (Å²) in [4.78, 5) is 28.7.